The molecule has 0 saturated carbocycles. The maximum absolute atomic E-state index is 12.6. The second-order valence-electron chi connectivity index (χ2n) is 5.76. The molecule has 3 aromatic rings. The van der Waals surface area contributed by atoms with Crippen molar-refractivity contribution in [1.82, 2.24) is 4.57 Å². The Bertz CT molecular complexity index is 1090. The summed E-state index contributed by atoms with van der Waals surface area (Å²) in [6.07, 6.45) is 0. The van der Waals surface area contributed by atoms with Crippen molar-refractivity contribution in [2.45, 2.75) is 19.9 Å². The maximum Gasteiger partial charge on any atom is 0.326 e. The minimum Gasteiger partial charge on any atom is -0.494 e. The predicted octanol–water partition coefficient (Wildman–Crippen LogP) is 4.14. The fourth-order valence-electron chi connectivity index (χ4n) is 2.62. The van der Waals surface area contributed by atoms with Crippen molar-refractivity contribution in [3.63, 3.8) is 0 Å². The first kappa shape index (κ1) is 19.1. The van der Waals surface area contributed by atoms with Gasteiger partial charge in [0.05, 0.1) is 16.8 Å². The number of thiazole rings is 1. The third kappa shape index (κ3) is 4.04. The van der Waals surface area contributed by atoms with Gasteiger partial charge in [-0.1, -0.05) is 29.0 Å². The summed E-state index contributed by atoms with van der Waals surface area (Å²) in [5, 5.41) is 9.91. The van der Waals surface area contributed by atoms with E-state index in [2.05, 4.69) is 4.99 Å². The van der Waals surface area contributed by atoms with Crippen LogP contribution in [-0.2, 0) is 4.79 Å². The van der Waals surface area contributed by atoms with E-state index in [1.807, 2.05) is 13.0 Å². The highest BCUT2D eigenvalue weighted by molar-refractivity contribution is 7.16. The van der Waals surface area contributed by atoms with E-state index >= 15 is 0 Å². The Balaban J connectivity index is 2.19. The molecule has 0 saturated heterocycles. The highest BCUT2D eigenvalue weighted by Gasteiger charge is 2.19. The minimum absolute atomic E-state index is 0.304. The maximum atomic E-state index is 12.6. The summed E-state index contributed by atoms with van der Waals surface area (Å²) in [4.78, 5) is 28.6. The van der Waals surface area contributed by atoms with Crippen LogP contribution in [0.2, 0.25) is 5.02 Å². The zero-order valence-electron chi connectivity index (χ0n) is 14.7. The number of carboxylic acid groups (broad SMARTS) is 1. The molecule has 1 unspecified atom stereocenters. The van der Waals surface area contributed by atoms with Crippen molar-refractivity contribution in [3.05, 3.63) is 57.9 Å². The molecule has 27 heavy (non-hydrogen) atoms. The number of amides is 1. The number of halogens is 1. The number of rotatable bonds is 5. The topological polar surface area (TPSA) is 80.9 Å². The van der Waals surface area contributed by atoms with E-state index in [4.69, 9.17) is 16.3 Å². The molecule has 1 N–H and O–H groups in total. The van der Waals surface area contributed by atoms with Gasteiger partial charge in [0.2, 0.25) is 0 Å². The quantitative estimate of drug-likeness (QED) is 0.692. The molecule has 0 bridgehead atoms. The summed E-state index contributed by atoms with van der Waals surface area (Å²) in [5.41, 5.74) is 1.01. The molecule has 8 heteroatoms. The molecule has 1 amide bonds. The Labute approximate surface area is 164 Å². The van der Waals surface area contributed by atoms with Gasteiger partial charge >= 0.3 is 5.97 Å². The average molecular weight is 405 g/mol. The van der Waals surface area contributed by atoms with Gasteiger partial charge in [0.1, 0.15) is 11.8 Å². The molecule has 0 aliphatic carbocycles. The molecule has 0 fully saturated rings. The normalized spacial score (nSPS) is 12.9. The van der Waals surface area contributed by atoms with Gasteiger partial charge in [-0.05, 0) is 50.2 Å². The van der Waals surface area contributed by atoms with Gasteiger partial charge in [0.25, 0.3) is 5.91 Å². The van der Waals surface area contributed by atoms with Crippen LogP contribution in [0.4, 0.5) is 0 Å². The largest absolute Gasteiger partial charge is 0.494 e. The van der Waals surface area contributed by atoms with Crippen LogP contribution in [0.25, 0.3) is 10.2 Å². The number of fused-ring (bicyclic) bond motifs is 1. The number of aromatic nitrogens is 1. The zero-order chi connectivity index (χ0) is 19.6. The summed E-state index contributed by atoms with van der Waals surface area (Å²) >= 11 is 7.17. The van der Waals surface area contributed by atoms with E-state index in [1.165, 1.54) is 17.4 Å². The summed E-state index contributed by atoms with van der Waals surface area (Å²) in [6.45, 7) is 3.95. The Morgan fingerprint density at radius 1 is 1.30 bits per heavy atom. The summed E-state index contributed by atoms with van der Waals surface area (Å²) in [7, 11) is 0. The van der Waals surface area contributed by atoms with Crippen LogP contribution in [0.3, 0.4) is 0 Å². The van der Waals surface area contributed by atoms with E-state index < -0.39 is 17.9 Å². The Morgan fingerprint density at radius 2 is 2.07 bits per heavy atom. The van der Waals surface area contributed by atoms with Crippen LogP contribution in [0.5, 0.6) is 5.75 Å². The Hall–Kier alpha value is -2.64. The second kappa shape index (κ2) is 7.94. The van der Waals surface area contributed by atoms with E-state index in [9.17, 15) is 14.7 Å². The molecule has 140 valence electrons. The smallest absolute Gasteiger partial charge is 0.326 e. The zero-order valence-corrected chi connectivity index (χ0v) is 16.3. The van der Waals surface area contributed by atoms with Gasteiger partial charge in [-0.3, -0.25) is 4.79 Å². The molecule has 0 radical (unpaired) electrons. The fraction of sp³-hybridized carbons (Fsp3) is 0.211. The number of ether oxygens (including phenoxy) is 1. The average Bonchev–Trinajstić information content (AvgIpc) is 2.98. The van der Waals surface area contributed by atoms with Crippen LogP contribution >= 0.6 is 22.9 Å². The van der Waals surface area contributed by atoms with Gasteiger partial charge in [-0.15, -0.1) is 0 Å². The molecule has 1 atom stereocenters. The number of benzene rings is 2. The van der Waals surface area contributed by atoms with E-state index in [0.717, 1.165) is 4.70 Å². The van der Waals surface area contributed by atoms with Crippen molar-refractivity contribution in [2.75, 3.05) is 6.61 Å². The Kier molecular flexibility index (Phi) is 5.62. The fourth-order valence-corrected chi connectivity index (χ4v) is 3.93. The van der Waals surface area contributed by atoms with Crippen molar-refractivity contribution < 1.29 is 19.4 Å². The number of aliphatic carboxylic acids is 1. The first-order valence-electron chi connectivity index (χ1n) is 8.26. The van der Waals surface area contributed by atoms with E-state index in [0.29, 0.717) is 33.3 Å². The first-order chi connectivity index (χ1) is 12.9. The van der Waals surface area contributed by atoms with E-state index in [-0.39, 0.29) is 0 Å². The monoisotopic (exact) mass is 404 g/mol. The predicted molar refractivity (Wildman–Crippen MR) is 105 cm³/mol. The van der Waals surface area contributed by atoms with Gasteiger partial charge in [-0.2, -0.15) is 4.99 Å². The number of carbonyl (C=O) groups is 2. The number of hydrogen-bond acceptors (Lipinski definition) is 4. The number of carboxylic acids is 1. The first-order valence-corrected chi connectivity index (χ1v) is 9.45. The highest BCUT2D eigenvalue weighted by atomic mass is 35.5. The lowest BCUT2D eigenvalue weighted by atomic mass is 10.2. The third-order valence-corrected chi connectivity index (χ3v) is 5.18. The lowest BCUT2D eigenvalue weighted by Gasteiger charge is -2.10. The molecule has 2 aromatic carbocycles. The van der Waals surface area contributed by atoms with E-state index in [1.54, 1.807) is 41.8 Å². The van der Waals surface area contributed by atoms with Crippen LogP contribution in [-0.4, -0.2) is 28.2 Å². The molecular weight excluding hydrogens is 388 g/mol. The van der Waals surface area contributed by atoms with Gasteiger partial charge in [0, 0.05) is 10.6 Å². The van der Waals surface area contributed by atoms with Crippen molar-refractivity contribution in [3.8, 4) is 5.75 Å². The molecule has 0 spiro atoms. The van der Waals surface area contributed by atoms with Gasteiger partial charge in [0.15, 0.2) is 4.80 Å². The number of hydrogen-bond donors (Lipinski definition) is 1. The van der Waals surface area contributed by atoms with Gasteiger partial charge in [-0.25, -0.2) is 4.79 Å². The van der Waals surface area contributed by atoms with Gasteiger partial charge < -0.3 is 14.4 Å². The standard InChI is InChI=1S/C19H17ClN2O4S/c1-3-26-14-7-8-15-16(10-14)27-19(22(15)11(2)18(24)25)21-17(23)12-5-4-6-13(20)9-12/h4-11H,3H2,1-2H3,(H,24,25). The number of carbonyl (C=O) groups excluding carboxylic acids is 1. The minimum atomic E-state index is -1.01. The molecule has 0 aliphatic rings. The summed E-state index contributed by atoms with van der Waals surface area (Å²) < 4.78 is 7.83. The summed E-state index contributed by atoms with van der Waals surface area (Å²) in [5.74, 6) is -0.824. The van der Waals surface area contributed by atoms with Crippen molar-refractivity contribution in [1.29, 1.82) is 0 Å². The lowest BCUT2D eigenvalue weighted by Crippen LogP contribution is -2.25. The lowest BCUT2D eigenvalue weighted by molar-refractivity contribution is -0.140. The van der Waals surface area contributed by atoms with Crippen LogP contribution in [0, 0.1) is 0 Å². The molecule has 3 rings (SSSR count). The third-order valence-electron chi connectivity index (χ3n) is 3.92. The summed E-state index contributed by atoms with van der Waals surface area (Å²) in [6, 6.07) is 10.9. The number of nitrogens with zero attached hydrogens (tertiary/aromatic N) is 2. The second-order valence-corrected chi connectivity index (χ2v) is 7.20. The molecule has 6 nitrogen and oxygen atoms in total. The molecule has 1 aromatic heterocycles. The van der Waals surface area contributed by atoms with Crippen LogP contribution in [0.1, 0.15) is 30.2 Å². The van der Waals surface area contributed by atoms with Crippen LogP contribution in [0.15, 0.2) is 47.5 Å². The molecule has 1 heterocycles. The van der Waals surface area contributed by atoms with Crippen molar-refractivity contribution >= 4 is 45.0 Å². The van der Waals surface area contributed by atoms with Crippen LogP contribution < -0.4 is 9.54 Å². The molecular formula is C19H17ClN2O4S. The Morgan fingerprint density at radius 3 is 2.74 bits per heavy atom. The molecule has 0 aliphatic heterocycles. The van der Waals surface area contributed by atoms with Crippen molar-refractivity contribution in [2.24, 2.45) is 4.99 Å². The SMILES string of the molecule is CCOc1ccc2c(c1)sc(=NC(=O)c1cccc(Cl)c1)n2C(C)C(=O)O. The highest BCUT2D eigenvalue weighted by Crippen LogP contribution is 2.26.